The molecule has 0 aliphatic carbocycles. The number of anilines is 1. The number of esters is 1. The fraction of sp³-hybridized carbons (Fsp3) is 0.278. The smallest absolute Gasteiger partial charge is 0.417 e. The van der Waals surface area contributed by atoms with E-state index < -0.39 is 17.7 Å². The van der Waals surface area contributed by atoms with Gasteiger partial charge in [0.2, 0.25) is 0 Å². The fourth-order valence-electron chi connectivity index (χ4n) is 2.06. The number of nitrogens with zero attached hydrogens (tertiary/aromatic N) is 2. The molecule has 0 unspecified atom stereocenters. The van der Waals surface area contributed by atoms with E-state index in [1.165, 1.54) is 19.4 Å². The van der Waals surface area contributed by atoms with Gasteiger partial charge in [-0.2, -0.15) is 18.3 Å². The third-order valence-electron chi connectivity index (χ3n) is 3.38. The van der Waals surface area contributed by atoms with E-state index in [9.17, 15) is 18.0 Å². The number of nitrogens with one attached hydrogen (secondary N) is 1. The van der Waals surface area contributed by atoms with Gasteiger partial charge in [0.05, 0.1) is 29.1 Å². The third kappa shape index (κ3) is 6.76. The summed E-state index contributed by atoms with van der Waals surface area (Å²) in [5.74, 6) is 0.443. The van der Waals surface area contributed by atoms with Crippen LogP contribution in [0, 0.1) is 3.57 Å². The lowest BCUT2D eigenvalue weighted by Gasteiger charge is -2.14. The maximum absolute atomic E-state index is 12.5. The van der Waals surface area contributed by atoms with Crippen LogP contribution in [0.3, 0.4) is 0 Å². The molecular formula is C18H17F3IN3O4. The summed E-state index contributed by atoms with van der Waals surface area (Å²) in [6, 6.07) is 5.48. The number of aromatic nitrogens is 1. The summed E-state index contributed by atoms with van der Waals surface area (Å²) in [5.41, 5.74) is 2.36. The van der Waals surface area contributed by atoms with E-state index in [0.717, 1.165) is 12.3 Å². The maximum atomic E-state index is 12.5. The Bertz CT molecular complexity index is 874. The molecule has 0 aliphatic heterocycles. The number of benzene rings is 1. The quantitative estimate of drug-likeness (QED) is 0.243. The highest BCUT2D eigenvalue weighted by Gasteiger charge is 2.30. The van der Waals surface area contributed by atoms with Gasteiger partial charge in [-0.25, -0.2) is 9.78 Å². The van der Waals surface area contributed by atoms with Crippen molar-refractivity contribution in [2.75, 3.05) is 25.7 Å². The molecule has 2 rings (SSSR count). The molecule has 1 heterocycles. The summed E-state index contributed by atoms with van der Waals surface area (Å²) in [7, 11) is 1.26. The molecule has 0 aliphatic rings. The van der Waals surface area contributed by atoms with Crippen molar-refractivity contribution in [1.29, 1.82) is 0 Å². The van der Waals surface area contributed by atoms with Crippen LogP contribution in [-0.2, 0) is 15.7 Å². The van der Waals surface area contributed by atoms with E-state index in [-0.39, 0.29) is 12.4 Å². The Morgan fingerprint density at radius 2 is 2.07 bits per heavy atom. The molecule has 0 fully saturated rings. The number of methoxy groups -OCH3 is 1. The average Bonchev–Trinajstić information content (AvgIpc) is 2.67. The molecule has 0 radical (unpaired) electrons. The van der Waals surface area contributed by atoms with Crippen LogP contribution in [0.15, 0.2) is 35.6 Å². The van der Waals surface area contributed by atoms with Gasteiger partial charge < -0.3 is 14.2 Å². The third-order valence-corrected chi connectivity index (χ3v) is 4.18. The SMILES string of the molecule is CCOc1cc(/C=N\Nc2ccc(C(F)(F)F)cn2)cc(I)c1OCC(=O)OC. The Kier molecular flexibility index (Phi) is 8.05. The average molecular weight is 523 g/mol. The largest absolute Gasteiger partial charge is 0.490 e. The molecule has 2 aromatic rings. The number of ether oxygens (including phenoxy) is 3. The van der Waals surface area contributed by atoms with Crippen LogP contribution in [0.5, 0.6) is 11.5 Å². The number of hydrazone groups is 1. The van der Waals surface area contributed by atoms with Gasteiger partial charge >= 0.3 is 12.1 Å². The Labute approximate surface area is 178 Å². The van der Waals surface area contributed by atoms with Crippen LogP contribution in [0.2, 0.25) is 0 Å². The van der Waals surface area contributed by atoms with Gasteiger partial charge in [-0.3, -0.25) is 5.43 Å². The highest BCUT2D eigenvalue weighted by Crippen LogP contribution is 2.34. The van der Waals surface area contributed by atoms with Crippen molar-refractivity contribution >= 4 is 40.6 Å². The predicted molar refractivity (Wildman–Crippen MR) is 108 cm³/mol. The summed E-state index contributed by atoms with van der Waals surface area (Å²) in [5, 5.41) is 3.97. The summed E-state index contributed by atoms with van der Waals surface area (Å²) in [6.07, 6.45) is -2.27. The minimum atomic E-state index is -4.45. The Morgan fingerprint density at radius 1 is 1.31 bits per heavy atom. The zero-order valence-electron chi connectivity index (χ0n) is 15.4. The van der Waals surface area contributed by atoms with E-state index in [4.69, 9.17) is 9.47 Å². The molecule has 0 saturated heterocycles. The Balaban J connectivity index is 2.12. The number of halogens is 4. The highest BCUT2D eigenvalue weighted by molar-refractivity contribution is 14.1. The second kappa shape index (κ2) is 10.3. The van der Waals surface area contributed by atoms with Crippen LogP contribution in [0.25, 0.3) is 0 Å². The number of alkyl halides is 3. The molecule has 156 valence electrons. The minimum absolute atomic E-state index is 0.159. The Morgan fingerprint density at radius 3 is 2.66 bits per heavy atom. The van der Waals surface area contributed by atoms with Gasteiger partial charge in [0.15, 0.2) is 18.1 Å². The summed E-state index contributed by atoms with van der Waals surface area (Å²) >= 11 is 2.03. The van der Waals surface area contributed by atoms with Gasteiger partial charge in [0.25, 0.3) is 0 Å². The van der Waals surface area contributed by atoms with Crippen molar-refractivity contribution in [1.82, 2.24) is 4.98 Å². The van der Waals surface area contributed by atoms with Crippen LogP contribution >= 0.6 is 22.6 Å². The van der Waals surface area contributed by atoms with Crippen molar-refractivity contribution in [3.05, 3.63) is 45.2 Å². The molecule has 0 saturated carbocycles. The lowest BCUT2D eigenvalue weighted by molar-refractivity contribution is -0.143. The summed E-state index contributed by atoms with van der Waals surface area (Å²) in [4.78, 5) is 15.0. The second-order valence-corrected chi connectivity index (χ2v) is 6.59. The number of carbonyl (C=O) groups is 1. The molecule has 1 aromatic carbocycles. The molecule has 1 N–H and O–H groups in total. The normalized spacial score (nSPS) is 11.4. The molecular weight excluding hydrogens is 506 g/mol. The lowest BCUT2D eigenvalue weighted by atomic mass is 10.2. The number of rotatable bonds is 8. The zero-order chi connectivity index (χ0) is 21.4. The number of hydrogen-bond donors (Lipinski definition) is 1. The van der Waals surface area contributed by atoms with Gasteiger partial charge in [-0.15, -0.1) is 0 Å². The number of pyridine rings is 1. The standard InChI is InChI=1S/C18H17F3IN3O4/c1-3-28-14-7-11(6-13(22)17(14)29-10-16(26)27-2)8-24-25-15-5-4-12(9-23-15)18(19,20)21/h4-9H,3,10H2,1-2H3,(H,23,25)/b24-8-. The molecule has 11 heteroatoms. The van der Waals surface area contributed by atoms with E-state index in [1.807, 2.05) is 22.6 Å². The van der Waals surface area contributed by atoms with Crippen molar-refractivity contribution < 1.29 is 32.2 Å². The number of carbonyl (C=O) groups excluding carboxylic acids is 1. The topological polar surface area (TPSA) is 82.0 Å². The minimum Gasteiger partial charge on any atom is -0.490 e. The monoisotopic (exact) mass is 523 g/mol. The predicted octanol–water partition coefficient (Wildman–Crippen LogP) is 4.10. The lowest BCUT2D eigenvalue weighted by Crippen LogP contribution is -2.14. The van der Waals surface area contributed by atoms with E-state index in [2.05, 4.69) is 20.2 Å². The Hall–Kier alpha value is -2.57. The summed E-state index contributed by atoms with van der Waals surface area (Å²) < 4.78 is 53.9. The van der Waals surface area contributed by atoms with Gasteiger partial charge in [-0.05, 0) is 59.3 Å². The van der Waals surface area contributed by atoms with Crippen molar-refractivity contribution in [2.24, 2.45) is 5.10 Å². The van der Waals surface area contributed by atoms with Gasteiger partial charge in [0, 0.05) is 6.20 Å². The maximum Gasteiger partial charge on any atom is 0.417 e. The molecule has 29 heavy (non-hydrogen) atoms. The van der Waals surface area contributed by atoms with Crippen molar-refractivity contribution in [2.45, 2.75) is 13.1 Å². The molecule has 0 bridgehead atoms. The van der Waals surface area contributed by atoms with Crippen LogP contribution in [-0.4, -0.2) is 37.5 Å². The molecule has 0 amide bonds. The second-order valence-electron chi connectivity index (χ2n) is 5.43. The first-order chi connectivity index (χ1) is 13.7. The number of hydrogen-bond acceptors (Lipinski definition) is 7. The molecule has 1 aromatic heterocycles. The first-order valence-corrected chi connectivity index (χ1v) is 9.30. The summed E-state index contributed by atoms with van der Waals surface area (Å²) in [6.45, 7) is 1.91. The van der Waals surface area contributed by atoms with Crippen molar-refractivity contribution in [3.8, 4) is 11.5 Å². The molecule has 7 nitrogen and oxygen atoms in total. The zero-order valence-corrected chi connectivity index (χ0v) is 17.6. The molecule has 0 atom stereocenters. The molecule has 0 spiro atoms. The highest BCUT2D eigenvalue weighted by atomic mass is 127. The van der Waals surface area contributed by atoms with Gasteiger partial charge in [0.1, 0.15) is 5.82 Å². The van der Waals surface area contributed by atoms with Crippen LogP contribution in [0.4, 0.5) is 19.0 Å². The fourth-order valence-corrected chi connectivity index (χ4v) is 2.84. The first-order valence-electron chi connectivity index (χ1n) is 8.23. The van der Waals surface area contributed by atoms with E-state index in [1.54, 1.807) is 19.1 Å². The van der Waals surface area contributed by atoms with Gasteiger partial charge in [-0.1, -0.05) is 0 Å². The van der Waals surface area contributed by atoms with Crippen LogP contribution < -0.4 is 14.9 Å². The van der Waals surface area contributed by atoms with E-state index in [0.29, 0.717) is 27.2 Å². The van der Waals surface area contributed by atoms with Crippen LogP contribution in [0.1, 0.15) is 18.1 Å². The van der Waals surface area contributed by atoms with Crippen molar-refractivity contribution in [3.63, 3.8) is 0 Å². The first kappa shape index (κ1) is 22.7. The van der Waals surface area contributed by atoms with E-state index >= 15 is 0 Å².